The Labute approximate surface area is 132 Å². The van der Waals surface area contributed by atoms with Gasteiger partial charge in [0.05, 0.1) is 16.2 Å². The van der Waals surface area contributed by atoms with E-state index in [0.717, 1.165) is 48.5 Å². The molecule has 0 aromatic heterocycles. The largest absolute Gasteiger partial charge is 0.527 e. The van der Waals surface area contributed by atoms with Crippen LogP contribution in [0.3, 0.4) is 0 Å². The van der Waals surface area contributed by atoms with E-state index in [-0.39, 0.29) is 22.2 Å². The van der Waals surface area contributed by atoms with Crippen molar-refractivity contribution >= 4 is 17.5 Å². The number of rotatable bonds is 4. The number of benzene rings is 2. The minimum absolute atomic E-state index is 0.111. The van der Waals surface area contributed by atoms with Crippen molar-refractivity contribution < 1.29 is 32.8 Å². The lowest BCUT2D eigenvalue weighted by Crippen LogP contribution is -2.43. The molecule has 126 valence electrons. The highest BCUT2D eigenvalue weighted by atomic mass is 19.4. The molecular weight excluding hydrogens is 333 g/mol. The molecule has 2 aromatic carbocycles. The lowest BCUT2D eigenvalue weighted by atomic mass is 10.2. The Morgan fingerprint density at radius 1 is 1.04 bits per heavy atom. The number of anilines is 1. The SMILES string of the molecule is O=C([O-])N(Oc1ccc(C(F)(F)F)cc1)c1ccc([N+](=O)[O-])cc1. The molecule has 0 aliphatic heterocycles. The number of hydrogen-bond donors (Lipinski definition) is 0. The molecule has 0 aliphatic carbocycles. The number of amides is 1. The van der Waals surface area contributed by atoms with Crippen molar-refractivity contribution in [1.82, 2.24) is 0 Å². The molecule has 0 radical (unpaired) electrons. The quantitative estimate of drug-likeness (QED) is 0.629. The van der Waals surface area contributed by atoms with Crippen LogP contribution >= 0.6 is 0 Å². The van der Waals surface area contributed by atoms with Gasteiger partial charge in [-0.15, -0.1) is 0 Å². The number of carboxylic acid groups (broad SMARTS) is 1. The number of carbonyl (C=O) groups excluding carboxylic acids is 1. The van der Waals surface area contributed by atoms with Crippen LogP contribution in [0.2, 0.25) is 0 Å². The Hall–Kier alpha value is -3.30. The zero-order valence-corrected chi connectivity index (χ0v) is 11.7. The molecule has 0 fully saturated rings. The second-order valence-electron chi connectivity index (χ2n) is 4.45. The first kappa shape index (κ1) is 17.1. The van der Waals surface area contributed by atoms with Crippen molar-refractivity contribution in [3.05, 3.63) is 64.2 Å². The molecule has 0 atom stereocenters. The molecule has 24 heavy (non-hydrogen) atoms. The van der Waals surface area contributed by atoms with Crippen LogP contribution in [0.25, 0.3) is 0 Å². The molecule has 2 aromatic rings. The Morgan fingerprint density at radius 2 is 1.58 bits per heavy atom. The van der Waals surface area contributed by atoms with Gasteiger partial charge in [0.15, 0.2) is 11.8 Å². The average Bonchev–Trinajstić information content (AvgIpc) is 2.52. The van der Waals surface area contributed by atoms with Gasteiger partial charge in [0.2, 0.25) is 0 Å². The maximum absolute atomic E-state index is 12.5. The van der Waals surface area contributed by atoms with Gasteiger partial charge in [-0.3, -0.25) is 10.1 Å². The maximum atomic E-state index is 12.5. The lowest BCUT2D eigenvalue weighted by Gasteiger charge is -2.24. The minimum atomic E-state index is -4.54. The van der Waals surface area contributed by atoms with Crippen molar-refractivity contribution in [2.24, 2.45) is 0 Å². The van der Waals surface area contributed by atoms with E-state index in [4.69, 9.17) is 4.84 Å². The van der Waals surface area contributed by atoms with E-state index in [0.29, 0.717) is 0 Å². The standard InChI is InChI=1S/C14H9F3N2O5/c15-14(16,17)9-1-7-12(8-2-9)24-18(13(20)21)10-3-5-11(6-4-10)19(22)23/h1-8H,(H,20,21)/p-1. The van der Waals surface area contributed by atoms with Crippen LogP contribution in [0.4, 0.5) is 29.3 Å². The molecule has 0 N–H and O–H groups in total. The second-order valence-corrected chi connectivity index (χ2v) is 4.45. The Bertz CT molecular complexity index is 745. The lowest BCUT2D eigenvalue weighted by molar-refractivity contribution is -0.384. The summed E-state index contributed by atoms with van der Waals surface area (Å²) in [5.41, 5.74) is -1.31. The van der Waals surface area contributed by atoms with Gasteiger partial charge in [0.1, 0.15) is 0 Å². The summed E-state index contributed by atoms with van der Waals surface area (Å²) < 4.78 is 37.4. The van der Waals surface area contributed by atoms with Crippen molar-refractivity contribution in [1.29, 1.82) is 0 Å². The number of halogens is 3. The maximum Gasteiger partial charge on any atom is 0.416 e. The minimum Gasteiger partial charge on any atom is -0.527 e. The first-order chi connectivity index (χ1) is 11.2. The molecule has 0 saturated heterocycles. The van der Waals surface area contributed by atoms with Gasteiger partial charge in [-0.25, -0.2) is 0 Å². The third-order valence-corrected chi connectivity index (χ3v) is 2.84. The van der Waals surface area contributed by atoms with Crippen molar-refractivity contribution in [3.8, 4) is 5.75 Å². The number of hydroxylamine groups is 1. The van der Waals surface area contributed by atoms with Gasteiger partial charge < -0.3 is 14.7 Å². The van der Waals surface area contributed by atoms with Crippen LogP contribution in [-0.4, -0.2) is 11.0 Å². The third kappa shape index (κ3) is 3.91. The fraction of sp³-hybridized carbons (Fsp3) is 0.0714. The predicted octanol–water partition coefficient (Wildman–Crippen LogP) is 2.76. The first-order valence-corrected chi connectivity index (χ1v) is 6.29. The molecule has 0 unspecified atom stereocenters. The number of hydrogen-bond acceptors (Lipinski definition) is 5. The van der Waals surface area contributed by atoms with E-state index in [1.165, 1.54) is 0 Å². The highest BCUT2D eigenvalue weighted by Gasteiger charge is 2.30. The highest BCUT2D eigenvalue weighted by molar-refractivity contribution is 5.82. The number of nitro benzene ring substituents is 1. The van der Waals surface area contributed by atoms with Crippen LogP contribution in [-0.2, 0) is 6.18 Å². The third-order valence-electron chi connectivity index (χ3n) is 2.84. The van der Waals surface area contributed by atoms with E-state index in [1.807, 2.05) is 0 Å². The topological polar surface area (TPSA) is 95.7 Å². The summed E-state index contributed by atoms with van der Waals surface area (Å²) in [4.78, 5) is 26.0. The number of non-ortho nitro benzene ring substituents is 1. The molecule has 1 amide bonds. The monoisotopic (exact) mass is 341 g/mol. The normalized spacial score (nSPS) is 11.0. The summed E-state index contributed by atoms with van der Waals surface area (Å²) in [6.45, 7) is 0. The summed E-state index contributed by atoms with van der Waals surface area (Å²) >= 11 is 0. The van der Waals surface area contributed by atoms with Gasteiger partial charge in [-0.05, 0) is 36.4 Å². The van der Waals surface area contributed by atoms with E-state index in [2.05, 4.69) is 0 Å². The Kier molecular flexibility index (Phi) is 4.58. The van der Waals surface area contributed by atoms with Crippen LogP contribution in [0.5, 0.6) is 5.75 Å². The van der Waals surface area contributed by atoms with Crippen LogP contribution in [0.15, 0.2) is 48.5 Å². The van der Waals surface area contributed by atoms with Gasteiger partial charge >= 0.3 is 6.18 Å². The van der Waals surface area contributed by atoms with E-state index < -0.39 is 22.8 Å². The summed E-state index contributed by atoms with van der Waals surface area (Å²) in [6, 6.07) is 7.59. The first-order valence-electron chi connectivity index (χ1n) is 6.29. The van der Waals surface area contributed by atoms with Crippen LogP contribution in [0, 0.1) is 10.1 Å². The van der Waals surface area contributed by atoms with E-state index in [1.54, 1.807) is 0 Å². The molecule has 7 nitrogen and oxygen atoms in total. The Morgan fingerprint density at radius 3 is 2.00 bits per heavy atom. The smallest absolute Gasteiger partial charge is 0.416 e. The van der Waals surface area contributed by atoms with Crippen molar-refractivity contribution in [2.45, 2.75) is 6.18 Å². The van der Waals surface area contributed by atoms with Gasteiger partial charge in [-0.1, -0.05) is 0 Å². The van der Waals surface area contributed by atoms with Gasteiger partial charge in [0.25, 0.3) is 5.69 Å². The Balaban J connectivity index is 2.22. The highest BCUT2D eigenvalue weighted by Crippen LogP contribution is 2.30. The molecule has 2 rings (SSSR count). The zero-order chi connectivity index (χ0) is 17.9. The van der Waals surface area contributed by atoms with Crippen LogP contribution < -0.4 is 15.0 Å². The summed E-state index contributed by atoms with van der Waals surface area (Å²) in [5.74, 6) is -0.189. The summed E-state index contributed by atoms with van der Waals surface area (Å²) in [6.07, 6.45) is -6.34. The zero-order valence-electron chi connectivity index (χ0n) is 11.7. The molecule has 0 spiro atoms. The fourth-order valence-corrected chi connectivity index (χ4v) is 1.72. The second kappa shape index (κ2) is 6.44. The number of nitro groups is 1. The predicted molar refractivity (Wildman–Crippen MR) is 73.0 cm³/mol. The number of nitrogens with zero attached hydrogens (tertiary/aromatic N) is 2. The van der Waals surface area contributed by atoms with Gasteiger partial charge in [-0.2, -0.15) is 18.2 Å². The molecule has 0 aliphatic rings. The van der Waals surface area contributed by atoms with Crippen molar-refractivity contribution in [2.75, 3.05) is 5.06 Å². The summed E-state index contributed by atoms with van der Waals surface area (Å²) in [7, 11) is 0. The summed E-state index contributed by atoms with van der Waals surface area (Å²) in [5, 5.41) is 22.0. The van der Waals surface area contributed by atoms with Gasteiger partial charge in [0, 0.05) is 12.1 Å². The number of carbonyl (C=O) groups is 1. The average molecular weight is 341 g/mol. The van der Waals surface area contributed by atoms with E-state index >= 15 is 0 Å². The molecule has 0 heterocycles. The van der Waals surface area contributed by atoms with E-state index in [9.17, 15) is 33.2 Å². The molecule has 10 heteroatoms. The molecule has 0 bridgehead atoms. The molecular formula is C14H8F3N2O5-. The number of alkyl halides is 3. The fourth-order valence-electron chi connectivity index (χ4n) is 1.72. The molecule has 0 saturated carbocycles. The van der Waals surface area contributed by atoms with Crippen molar-refractivity contribution in [3.63, 3.8) is 0 Å². The van der Waals surface area contributed by atoms with Crippen LogP contribution in [0.1, 0.15) is 5.56 Å².